The van der Waals surface area contributed by atoms with Gasteiger partial charge in [0.2, 0.25) is 0 Å². The van der Waals surface area contributed by atoms with Crippen molar-refractivity contribution in [1.29, 1.82) is 0 Å². The highest BCUT2D eigenvalue weighted by Crippen LogP contribution is 2.39. The zero-order valence-electron chi connectivity index (χ0n) is 12.5. The van der Waals surface area contributed by atoms with Crippen LogP contribution >= 0.6 is 11.8 Å². The van der Waals surface area contributed by atoms with Crippen molar-refractivity contribution in [1.82, 2.24) is 14.8 Å². The lowest BCUT2D eigenvalue weighted by atomic mass is 10.2. The summed E-state index contributed by atoms with van der Waals surface area (Å²) in [5.74, 6) is 3.49. The molecule has 0 saturated heterocycles. The molecule has 5 nitrogen and oxygen atoms in total. The lowest BCUT2D eigenvalue weighted by Gasteiger charge is -2.11. The second-order valence-corrected chi connectivity index (χ2v) is 6.04. The highest BCUT2D eigenvalue weighted by atomic mass is 32.2. The van der Waals surface area contributed by atoms with E-state index in [1.165, 1.54) is 12.8 Å². The third-order valence-electron chi connectivity index (χ3n) is 3.59. The van der Waals surface area contributed by atoms with E-state index in [0.717, 1.165) is 33.8 Å². The molecule has 1 heterocycles. The summed E-state index contributed by atoms with van der Waals surface area (Å²) in [5.41, 5.74) is 1.10. The number of thioether (sulfide) groups is 1. The minimum absolute atomic E-state index is 0.592. The molecule has 1 aliphatic carbocycles. The standard InChI is InChI=1S/C15H19N3O2S/c1-10-16-17-15(18(10)12-4-5-12)21-9-11-8-13(19-2)6-7-14(11)20-3/h6-8,12H,4-5,9H2,1-3H3. The normalized spacial score (nSPS) is 14.2. The van der Waals surface area contributed by atoms with Gasteiger partial charge in [-0.05, 0) is 38.0 Å². The van der Waals surface area contributed by atoms with Crippen LogP contribution in [0.25, 0.3) is 0 Å². The molecule has 3 rings (SSSR count). The van der Waals surface area contributed by atoms with E-state index in [1.54, 1.807) is 26.0 Å². The fourth-order valence-electron chi connectivity index (χ4n) is 2.34. The molecule has 0 bridgehead atoms. The van der Waals surface area contributed by atoms with E-state index >= 15 is 0 Å². The molecule has 6 heteroatoms. The smallest absolute Gasteiger partial charge is 0.191 e. The fraction of sp³-hybridized carbons (Fsp3) is 0.467. The molecule has 0 N–H and O–H groups in total. The second-order valence-electron chi connectivity index (χ2n) is 5.10. The van der Waals surface area contributed by atoms with Crippen LogP contribution in [0.3, 0.4) is 0 Å². The summed E-state index contributed by atoms with van der Waals surface area (Å²) in [4.78, 5) is 0. The molecular weight excluding hydrogens is 286 g/mol. The third-order valence-corrected chi connectivity index (χ3v) is 4.58. The quantitative estimate of drug-likeness (QED) is 0.767. The number of aromatic nitrogens is 3. The molecule has 0 aliphatic heterocycles. The van der Waals surface area contributed by atoms with Crippen molar-refractivity contribution in [3.8, 4) is 11.5 Å². The first-order valence-electron chi connectivity index (χ1n) is 6.98. The molecule has 0 unspecified atom stereocenters. The van der Waals surface area contributed by atoms with E-state index in [1.807, 2.05) is 25.1 Å². The van der Waals surface area contributed by atoms with Gasteiger partial charge in [0.15, 0.2) is 5.16 Å². The molecular formula is C15H19N3O2S. The van der Waals surface area contributed by atoms with Gasteiger partial charge in [-0.1, -0.05) is 11.8 Å². The number of methoxy groups -OCH3 is 2. The number of hydrogen-bond acceptors (Lipinski definition) is 5. The highest BCUT2D eigenvalue weighted by Gasteiger charge is 2.28. The van der Waals surface area contributed by atoms with E-state index in [-0.39, 0.29) is 0 Å². The van der Waals surface area contributed by atoms with Crippen LogP contribution in [0, 0.1) is 6.92 Å². The lowest BCUT2D eigenvalue weighted by molar-refractivity contribution is 0.400. The Morgan fingerprint density at radius 2 is 2.05 bits per heavy atom. The maximum Gasteiger partial charge on any atom is 0.191 e. The van der Waals surface area contributed by atoms with Gasteiger partial charge in [-0.2, -0.15) is 0 Å². The Labute approximate surface area is 128 Å². The molecule has 1 aliphatic rings. The van der Waals surface area contributed by atoms with E-state index in [4.69, 9.17) is 9.47 Å². The molecule has 112 valence electrons. The van der Waals surface area contributed by atoms with Crippen molar-refractivity contribution in [2.24, 2.45) is 0 Å². The fourth-order valence-corrected chi connectivity index (χ4v) is 3.37. The van der Waals surface area contributed by atoms with E-state index < -0.39 is 0 Å². The number of hydrogen-bond donors (Lipinski definition) is 0. The number of benzene rings is 1. The van der Waals surface area contributed by atoms with E-state index in [0.29, 0.717) is 6.04 Å². The maximum atomic E-state index is 5.42. The van der Waals surface area contributed by atoms with E-state index in [9.17, 15) is 0 Å². The van der Waals surface area contributed by atoms with Crippen LogP contribution in [0.5, 0.6) is 11.5 Å². The maximum absolute atomic E-state index is 5.42. The van der Waals surface area contributed by atoms with Crippen LogP contribution in [0.15, 0.2) is 23.4 Å². The summed E-state index contributed by atoms with van der Waals surface area (Å²) in [7, 11) is 3.36. The first kappa shape index (κ1) is 14.3. The first-order chi connectivity index (χ1) is 10.2. The van der Waals surface area contributed by atoms with Gasteiger partial charge in [-0.25, -0.2) is 0 Å². The van der Waals surface area contributed by atoms with Gasteiger partial charge in [0.1, 0.15) is 17.3 Å². The van der Waals surface area contributed by atoms with Gasteiger partial charge in [-0.15, -0.1) is 10.2 Å². The minimum atomic E-state index is 0.592. The SMILES string of the molecule is COc1ccc(OC)c(CSc2nnc(C)n2C2CC2)c1. The molecule has 0 radical (unpaired) electrons. The van der Waals surface area contributed by atoms with Gasteiger partial charge in [0, 0.05) is 17.4 Å². The number of nitrogens with zero attached hydrogens (tertiary/aromatic N) is 3. The predicted molar refractivity (Wildman–Crippen MR) is 82.1 cm³/mol. The van der Waals surface area contributed by atoms with Crippen molar-refractivity contribution >= 4 is 11.8 Å². The predicted octanol–water partition coefficient (Wildman–Crippen LogP) is 3.23. The topological polar surface area (TPSA) is 49.2 Å². The van der Waals surface area contributed by atoms with Crippen LogP contribution in [0.2, 0.25) is 0 Å². The van der Waals surface area contributed by atoms with Crippen LogP contribution in [-0.2, 0) is 5.75 Å². The summed E-state index contributed by atoms with van der Waals surface area (Å²) in [6.45, 7) is 2.02. The molecule has 1 aromatic heterocycles. The van der Waals surface area contributed by atoms with Crippen molar-refractivity contribution in [2.75, 3.05) is 14.2 Å². The second kappa shape index (κ2) is 5.97. The average Bonchev–Trinajstić information content (AvgIpc) is 3.28. The van der Waals surface area contributed by atoms with Gasteiger partial charge in [0.25, 0.3) is 0 Å². The Hall–Kier alpha value is -1.69. The number of rotatable bonds is 6. The van der Waals surface area contributed by atoms with Crippen molar-refractivity contribution in [3.63, 3.8) is 0 Å². The summed E-state index contributed by atoms with van der Waals surface area (Å²) in [6, 6.07) is 6.45. The Kier molecular flexibility index (Phi) is 4.05. The summed E-state index contributed by atoms with van der Waals surface area (Å²) in [6.07, 6.45) is 2.46. The van der Waals surface area contributed by atoms with Gasteiger partial charge < -0.3 is 14.0 Å². The summed E-state index contributed by atoms with van der Waals surface area (Å²) >= 11 is 1.69. The molecule has 0 amide bonds. The number of ether oxygens (including phenoxy) is 2. The molecule has 1 saturated carbocycles. The Morgan fingerprint density at radius 3 is 2.71 bits per heavy atom. The molecule has 0 spiro atoms. The van der Waals surface area contributed by atoms with Crippen LogP contribution < -0.4 is 9.47 Å². The number of aryl methyl sites for hydroxylation is 1. The Morgan fingerprint density at radius 1 is 1.24 bits per heavy atom. The van der Waals surface area contributed by atoms with Gasteiger partial charge in [0.05, 0.1) is 14.2 Å². The van der Waals surface area contributed by atoms with Gasteiger partial charge in [-0.3, -0.25) is 0 Å². The zero-order valence-corrected chi connectivity index (χ0v) is 13.3. The van der Waals surface area contributed by atoms with Crippen LogP contribution in [-0.4, -0.2) is 29.0 Å². The largest absolute Gasteiger partial charge is 0.497 e. The monoisotopic (exact) mass is 305 g/mol. The molecule has 0 atom stereocenters. The first-order valence-corrected chi connectivity index (χ1v) is 7.96. The molecule has 21 heavy (non-hydrogen) atoms. The summed E-state index contributed by atoms with van der Waals surface area (Å²) in [5, 5.41) is 9.48. The zero-order chi connectivity index (χ0) is 14.8. The molecule has 2 aromatic rings. The molecule has 1 fully saturated rings. The van der Waals surface area contributed by atoms with Crippen LogP contribution in [0.1, 0.15) is 30.3 Å². The third kappa shape index (κ3) is 3.00. The highest BCUT2D eigenvalue weighted by molar-refractivity contribution is 7.98. The van der Waals surface area contributed by atoms with Crippen molar-refractivity contribution in [3.05, 3.63) is 29.6 Å². The Bertz CT molecular complexity index is 638. The van der Waals surface area contributed by atoms with E-state index in [2.05, 4.69) is 14.8 Å². The van der Waals surface area contributed by atoms with Gasteiger partial charge >= 0.3 is 0 Å². The lowest BCUT2D eigenvalue weighted by Crippen LogP contribution is -1.99. The van der Waals surface area contributed by atoms with Crippen LogP contribution in [0.4, 0.5) is 0 Å². The van der Waals surface area contributed by atoms with Crippen molar-refractivity contribution in [2.45, 2.75) is 36.7 Å². The average molecular weight is 305 g/mol. The Balaban J connectivity index is 1.78. The van der Waals surface area contributed by atoms with Crippen molar-refractivity contribution < 1.29 is 9.47 Å². The minimum Gasteiger partial charge on any atom is -0.497 e. The summed E-state index contributed by atoms with van der Waals surface area (Å²) < 4.78 is 12.9. The molecule has 1 aromatic carbocycles.